The van der Waals surface area contributed by atoms with Crippen LogP contribution in [0.5, 0.6) is 0 Å². The third kappa shape index (κ3) is 4.10. The summed E-state index contributed by atoms with van der Waals surface area (Å²) in [4.78, 5) is 16.1. The van der Waals surface area contributed by atoms with Crippen molar-refractivity contribution in [3.8, 4) is 0 Å². The van der Waals surface area contributed by atoms with E-state index in [1.54, 1.807) is 0 Å². The summed E-state index contributed by atoms with van der Waals surface area (Å²) in [6, 6.07) is 9.83. The second-order valence-electron chi connectivity index (χ2n) is 4.17. The maximum atomic E-state index is 11.9. The molecular weight excluding hydrogens is 260 g/mol. The van der Waals surface area contributed by atoms with Crippen molar-refractivity contribution in [3.63, 3.8) is 0 Å². The highest BCUT2D eigenvalue weighted by Gasteiger charge is 2.16. The number of aromatic nitrogens is 3. The summed E-state index contributed by atoms with van der Waals surface area (Å²) in [7, 11) is 0. The first-order chi connectivity index (χ1) is 9.15. The van der Waals surface area contributed by atoms with Gasteiger partial charge in [0.15, 0.2) is 0 Å². The van der Waals surface area contributed by atoms with E-state index in [-0.39, 0.29) is 11.2 Å². The zero-order chi connectivity index (χ0) is 13.7. The number of benzene rings is 1. The molecule has 100 valence electrons. The van der Waals surface area contributed by atoms with Crippen molar-refractivity contribution in [3.05, 3.63) is 41.7 Å². The predicted octanol–water partition coefficient (Wildman–Crippen LogP) is 1.91. The van der Waals surface area contributed by atoms with Crippen molar-refractivity contribution >= 4 is 17.7 Å². The number of hydrogen-bond donors (Lipinski definition) is 2. The van der Waals surface area contributed by atoms with Gasteiger partial charge in [-0.2, -0.15) is 0 Å². The van der Waals surface area contributed by atoms with E-state index in [1.165, 1.54) is 11.8 Å². The molecule has 1 heterocycles. The molecule has 0 bridgehead atoms. The van der Waals surface area contributed by atoms with Gasteiger partial charge in [0.2, 0.25) is 11.1 Å². The van der Waals surface area contributed by atoms with Crippen molar-refractivity contribution in [1.82, 2.24) is 20.5 Å². The van der Waals surface area contributed by atoms with Crippen LogP contribution in [0.1, 0.15) is 18.3 Å². The molecule has 6 heteroatoms. The number of aromatic amines is 1. The molecule has 2 N–H and O–H groups in total. The van der Waals surface area contributed by atoms with Crippen molar-refractivity contribution in [2.24, 2.45) is 0 Å². The van der Waals surface area contributed by atoms with Crippen LogP contribution in [0.25, 0.3) is 0 Å². The fourth-order valence-corrected chi connectivity index (χ4v) is 2.31. The topological polar surface area (TPSA) is 70.7 Å². The highest BCUT2D eigenvalue weighted by Crippen LogP contribution is 2.18. The smallest absolute Gasteiger partial charge is 0.233 e. The average molecular weight is 276 g/mol. The van der Waals surface area contributed by atoms with E-state index in [9.17, 15) is 4.79 Å². The van der Waals surface area contributed by atoms with Gasteiger partial charge in [-0.05, 0) is 19.4 Å². The van der Waals surface area contributed by atoms with E-state index >= 15 is 0 Å². The van der Waals surface area contributed by atoms with Gasteiger partial charge in [-0.15, -0.1) is 5.10 Å². The summed E-state index contributed by atoms with van der Waals surface area (Å²) in [5, 5.41) is 10.0. The Morgan fingerprint density at radius 1 is 1.42 bits per heavy atom. The second kappa shape index (κ2) is 6.38. The van der Waals surface area contributed by atoms with Crippen molar-refractivity contribution < 1.29 is 4.79 Å². The van der Waals surface area contributed by atoms with Crippen LogP contribution in [0.2, 0.25) is 0 Å². The molecule has 1 aromatic carbocycles. The first-order valence-corrected chi connectivity index (χ1v) is 6.90. The maximum Gasteiger partial charge on any atom is 0.233 e. The molecule has 1 amide bonds. The fourth-order valence-electron chi connectivity index (χ4n) is 1.52. The molecule has 2 aromatic rings. The third-order valence-corrected chi connectivity index (χ3v) is 3.50. The number of rotatable bonds is 5. The van der Waals surface area contributed by atoms with Crippen LogP contribution in [-0.4, -0.2) is 26.3 Å². The van der Waals surface area contributed by atoms with E-state index in [4.69, 9.17) is 0 Å². The van der Waals surface area contributed by atoms with Crippen LogP contribution in [-0.2, 0) is 11.3 Å². The molecule has 0 saturated carbocycles. The minimum Gasteiger partial charge on any atom is -0.351 e. The molecule has 0 radical (unpaired) electrons. The number of amides is 1. The average Bonchev–Trinajstić information content (AvgIpc) is 2.82. The molecule has 0 fully saturated rings. The molecule has 0 spiro atoms. The quantitative estimate of drug-likeness (QED) is 0.818. The van der Waals surface area contributed by atoms with Gasteiger partial charge in [0, 0.05) is 6.54 Å². The second-order valence-corrected chi connectivity index (χ2v) is 5.47. The van der Waals surface area contributed by atoms with E-state index < -0.39 is 0 Å². The Morgan fingerprint density at radius 2 is 2.16 bits per heavy atom. The Hall–Kier alpha value is -1.82. The SMILES string of the molecule is Cc1nc(SC(C)C(=O)NCc2ccccc2)n[nH]1. The van der Waals surface area contributed by atoms with Crippen molar-refractivity contribution in [2.75, 3.05) is 0 Å². The van der Waals surface area contributed by atoms with Crippen LogP contribution in [0, 0.1) is 6.92 Å². The van der Waals surface area contributed by atoms with Crippen LogP contribution < -0.4 is 5.32 Å². The van der Waals surface area contributed by atoms with Gasteiger partial charge in [0.25, 0.3) is 0 Å². The van der Waals surface area contributed by atoms with Gasteiger partial charge >= 0.3 is 0 Å². The Labute approximate surface area is 116 Å². The van der Waals surface area contributed by atoms with Gasteiger partial charge in [0.05, 0.1) is 5.25 Å². The molecule has 1 atom stereocenters. The van der Waals surface area contributed by atoms with Crippen LogP contribution >= 0.6 is 11.8 Å². The zero-order valence-electron chi connectivity index (χ0n) is 10.9. The number of H-pyrrole nitrogens is 1. The lowest BCUT2D eigenvalue weighted by Crippen LogP contribution is -2.30. The molecular formula is C13H16N4OS. The molecule has 1 aromatic heterocycles. The lowest BCUT2D eigenvalue weighted by atomic mass is 10.2. The van der Waals surface area contributed by atoms with Gasteiger partial charge < -0.3 is 5.32 Å². The monoisotopic (exact) mass is 276 g/mol. The summed E-state index contributed by atoms with van der Waals surface area (Å²) in [5.74, 6) is 0.732. The van der Waals surface area contributed by atoms with E-state index in [1.807, 2.05) is 44.2 Å². The number of carbonyl (C=O) groups is 1. The normalized spacial score (nSPS) is 12.1. The van der Waals surface area contributed by atoms with E-state index in [2.05, 4.69) is 20.5 Å². The standard InChI is InChI=1S/C13H16N4OS/c1-9(19-13-15-10(2)16-17-13)12(18)14-8-11-6-4-3-5-7-11/h3-7,9H,8H2,1-2H3,(H,14,18)(H,15,16,17). The van der Waals surface area contributed by atoms with Crippen LogP contribution in [0.4, 0.5) is 0 Å². The highest BCUT2D eigenvalue weighted by molar-refractivity contribution is 8.00. The number of thioether (sulfide) groups is 1. The molecule has 0 aliphatic heterocycles. The lowest BCUT2D eigenvalue weighted by molar-refractivity contribution is -0.120. The van der Waals surface area contributed by atoms with Gasteiger partial charge in [-0.25, -0.2) is 4.98 Å². The third-order valence-electron chi connectivity index (χ3n) is 2.54. The van der Waals surface area contributed by atoms with Crippen molar-refractivity contribution in [2.45, 2.75) is 30.8 Å². The Morgan fingerprint density at radius 3 is 2.79 bits per heavy atom. The van der Waals surface area contributed by atoms with E-state index in [0.29, 0.717) is 11.7 Å². The van der Waals surface area contributed by atoms with Crippen LogP contribution in [0.3, 0.4) is 0 Å². The largest absolute Gasteiger partial charge is 0.351 e. The summed E-state index contributed by atoms with van der Waals surface area (Å²) in [6.07, 6.45) is 0. The molecule has 19 heavy (non-hydrogen) atoms. The number of nitrogens with zero attached hydrogens (tertiary/aromatic N) is 2. The Bertz CT molecular complexity index is 541. The van der Waals surface area contributed by atoms with Crippen LogP contribution in [0.15, 0.2) is 35.5 Å². The molecule has 0 aliphatic rings. The number of nitrogens with one attached hydrogen (secondary N) is 2. The summed E-state index contributed by atoms with van der Waals surface area (Å²) in [6.45, 7) is 4.21. The lowest BCUT2D eigenvalue weighted by Gasteiger charge is -2.10. The van der Waals surface area contributed by atoms with E-state index in [0.717, 1.165) is 11.4 Å². The molecule has 1 unspecified atom stereocenters. The molecule has 5 nitrogen and oxygen atoms in total. The number of hydrogen-bond acceptors (Lipinski definition) is 4. The van der Waals surface area contributed by atoms with Crippen molar-refractivity contribution in [1.29, 1.82) is 0 Å². The Kier molecular flexibility index (Phi) is 4.57. The Balaban J connectivity index is 1.82. The fraction of sp³-hybridized carbons (Fsp3) is 0.308. The minimum absolute atomic E-state index is 0.0173. The summed E-state index contributed by atoms with van der Waals surface area (Å²) >= 11 is 1.34. The zero-order valence-corrected chi connectivity index (χ0v) is 11.7. The van der Waals surface area contributed by atoms with Gasteiger partial charge in [-0.3, -0.25) is 9.89 Å². The van der Waals surface area contributed by atoms with Gasteiger partial charge in [0.1, 0.15) is 5.82 Å². The summed E-state index contributed by atoms with van der Waals surface area (Å²) in [5.41, 5.74) is 1.08. The number of carbonyl (C=O) groups excluding carboxylic acids is 1. The predicted molar refractivity (Wildman–Crippen MR) is 74.7 cm³/mol. The highest BCUT2D eigenvalue weighted by atomic mass is 32.2. The first-order valence-electron chi connectivity index (χ1n) is 6.02. The van der Waals surface area contributed by atoms with Gasteiger partial charge in [-0.1, -0.05) is 42.1 Å². The molecule has 2 rings (SSSR count). The minimum atomic E-state index is -0.223. The maximum absolute atomic E-state index is 11.9. The molecule has 0 aliphatic carbocycles. The summed E-state index contributed by atoms with van der Waals surface area (Å²) < 4.78 is 0. The first kappa shape index (κ1) is 13.6. The number of aryl methyl sites for hydroxylation is 1. The molecule has 0 saturated heterocycles.